The van der Waals surface area contributed by atoms with Gasteiger partial charge in [-0.05, 0) is 33.6 Å². The van der Waals surface area contributed by atoms with E-state index in [2.05, 4.69) is 0 Å². The van der Waals surface area contributed by atoms with E-state index in [1.165, 1.54) is 4.90 Å². The number of amides is 2. The highest BCUT2D eigenvalue weighted by atomic mass is 19.4. The molecule has 0 bridgehead atoms. The zero-order valence-electron chi connectivity index (χ0n) is 14.1. The lowest BCUT2D eigenvalue weighted by atomic mass is 10.1. The number of rotatable bonds is 2. The third kappa shape index (κ3) is 5.91. The van der Waals surface area contributed by atoms with Crippen LogP contribution < -0.4 is 0 Å². The van der Waals surface area contributed by atoms with Crippen molar-refractivity contribution in [3.8, 4) is 0 Å². The summed E-state index contributed by atoms with van der Waals surface area (Å²) < 4.78 is 44.9. The van der Waals surface area contributed by atoms with Crippen LogP contribution >= 0.6 is 0 Å². The van der Waals surface area contributed by atoms with Crippen molar-refractivity contribution in [2.24, 2.45) is 0 Å². The second kappa shape index (κ2) is 7.40. The largest absolute Gasteiger partial charge is 0.444 e. The lowest BCUT2D eigenvalue weighted by Crippen LogP contribution is -2.49. The summed E-state index contributed by atoms with van der Waals surface area (Å²) in [6, 6.07) is -1.85. The molecular weight excluding hydrogens is 313 g/mol. The molecule has 0 saturated carbocycles. The maximum atomic E-state index is 13.2. The highest BCUT2D eigenvalue weighted by molar-refractivity contribution is 5.77. The van der Waals surface area contributed by atoms with E-state index in [9.17, 15) is 22.8 Å². The highest BCUT2D eigenvalue weighted by Crippen LogP contribution is 2.30. The molecule has 1 saturated heterocycles. The Balaban J connectivity index is 2.87. The number of ether oxygens (including phenoxy) is 1. The lowest BCUT2D eigenvalue weighted by molar-refractivity contribution is -0.189. The van der Waals surface area contributed by atoms with Crippen LogP contribution in [0, 0.1) is 0 Å². The molecule has 0 spiro atoms. The Kier molecular flexibility index (Phi) is 6.30. The molecule has 0 radical (unpaired) electrons. The van der Waals surface area contributed by atoms with Crippen LogP contribution in [0.1, 0.15) is 47.0 Å². The third-order valence-electron chi connectivity index (χ3n) is 3.47. The second-order valence-electron chi connectivity index (χ2n) is 6.65. The van der Waals surface area contributed by atoms with Crippen molar-refractivity contribution in [3.63, 3.8) is 0 Å². The number of hydrogen-bond acceptors (Lipinski definition) is 3. The molecule has 1 aliphatic heterocycles. The fourth-order valence-corrected chi connectivity index (χ4v) is 2.44. The summed E-state index contributed by atoms with van der Waals surface area (Å²) in [5.74, 6) is -0.527. The van der Waals surface area contributed by atoms with Crippen molar-refractivity contribution in [3.05, 3.63) is 0 Å². The molecule has 0 aromatic carbocycles. The van der Waals surface area contributed by atoms with Crippen LogP contribution in [-0.2, 0) is 9.53 Å². The van der Waals surface area contributed by atoms with Gasteiger partial charge in [-0.15, -0.1) is 0 Å². The fourth-order valence-electron chi connectivity index (χ4n) is 2.44. The molecule has 0 aromatic heterocycles. The lowest BCUT2D eigenvalue weighted by Gasteiger charge is -2.31. The molecule has 1 fully saturated rings. The summed E-state index contributed by atoms with van der Waals surface area (Å²) in [5.41, 5.74) is -0.718. The molecule has 1 aliphatic rings. The van der Waals surface area contributed by atoms with Crippen LogP contribution in [-0.4, -0.2) is 59.3 Å². The zero-order valence-corrected chi connectivity index (χ0v) is 14.1. The van der Waals surface area contributed by atoms with Gasteiger partial charge >= 0.3 is 12.3 Å². The first-order valence-electron chi connectivity index (χ1n) is 7.80. The van der Waals surface area contributed by atoms with Crippen LogP contribution in [0.5, 0.6) is 0 Å². The molecule has 2 amide bonds. The molecule has 23 heavy (non-hydrogen) atoms. The molecule has 1 unspecified atom stereocenters. The Morgan fingerprint density at radius 2 is 1.74 bits per heavy atom. The predicted molar refractivity (Wildman–Crippen MR) is 78.9 cm³/mol. The van der Waals surface area contributed by atoms with Gasteiger partial charge in [0.1, 0.15) is 11.6 Å². The molecule has 1 atom stereocenters. The van der Waals surface area contributed by atoms with Crippen molar-refractivity contribution in [1.29, 1.82) is 0 Å². The van der Waals surface area contributed by atoms with Gasteiger partial charge in [0.2, 0.25) is 5.91 Å². The molecule has 1 heterocycles. The molecule has 5 nitrogen and oxygen atoms in total. The first-order chi connectivity index (χ1) is 10.5. The van der Waals surface area contributed by atoms with Crippen molar-refractivity contribution in [1.82, 2.24) is 9.80 Å². The maximum Gasteiger partial charge on any atom is 0.410 e. The van der Waals surface area contributed by atoms with E-state index >= 15 is 0 Å². The van der Waals surface area contributed by atoms with E-state index < -0.39 is 29.8 Å². The zero-order chi connectivity index (χ0) is 17.8. The molecule has 134 valence electrons. The standard InChI is InChI=1S/C15H25F3N2O3/c1-5-6-12(21)20-10-9-19(13(22)23-14(2,3)4)8-7-11(20)15(16,17)18/h11H,5-10H2,1-4H3. The minimum Gasteiger partial charge on any atom is -0.444 e. The van der Waals surface area contributed by atoms with Gasteiger partial charge in [0, 0.05) is 26.1 Å². The minimum atomic E-state index is -4.51. The molecule has 0 aromatic rings. The first kappa shape index (κ1) is 19.6. The number of hydrogen-bond donors (Lipinski definition) is 0. The average molecular weight is 338 g/mol. The minimum absolute atomic E-state index is 0.0386. The van der Waals surface area contributed by atoms with Crippen LogP contribution in [0.3, 0.4) is 0 Å². The molecular formula is C15H25F3N2O3. The smallest absolute Gasteiger partial charge is 0.410 e. The van der Waals surface area contributed by atoms with Crippen LogP contribution in [0.15, 0.2) is 0 Å². The Hall–Kier alpha value is -1.47. The van der Waals surface area contributed by atoms with Crippen LogP contribution in [0.4, 0.5) is 18.0 Å². The Bertz CT molecular complexity index is 433. The average Bonchev–Trinajstić information content (AvgIpc) is 2.58. The Morgan fingerprint density at radius 3 is 2.22 bits per heavy atom. The number of halogens is 3. The molecule has 0 aliphatic carbocycles. The van der Waals surface area contributed by atoms with Crippen LogP contribution in [0.2, 0.25) is 0 Å². The molecule has 8 heteroatoms. The van der Waals surface area contributed by atoms with E-state index in [0.717, 1.165) is 4.90 Å². The normalized spacial score (nSPS) is 20.2. The van der Waals surface area contributed by atoms with E-state index in [-0.39, 0.29) is 32.5 Å². The maximum absolute atomic E-state index is 13.2. The SMILES string of the molecule is CCCC(=O)N1CCN(C(=O)OC(C)(C)C)CCC1C(F)(F)F. The summed E-state index contributed by atoms with van der Waals surface area (Å²) >= 11 is 0. The quantitative estimate of drug-likeness (QED) is 0.777. The Morgan fingerprint density at radius 1 is 1.13 bits per heavy atom. The molecule has 0 N–H and O–H groups in total. The van der Waals surface area contributed by atoms with E-state index in [1.54, 1.807) is 27.7 Å². The number of carbonyl (C=O) groups excluding carboxylic acids is 2. The summed E-state index contributed by atoms with van der Waals surface area (Å²) in [4.78, 5) is 26.1. The van der Waals surface area contributed by atoms with Gasteiger partial charge in [-0.3, -0.25) is 4.79 Å². The first-order valence-corrected chi connectivity index (χ1v) is 7.80. The fraction of sp³-hybridized carbons (Fsp3) is 0.867. The van der Waals surface area contributed by atoms with E-state index in [1.807, 2.05) is 0 Å². The summed E-state index contributed by atoms with van der Waals surface area (Å²) in [6.07, 6.45) is -4.94. The van der Waals surface area contributed by atoms with E-state index in [4.69, 9.17) is 4.74 Å². The third-order valence-corrected chi connectivity index (χ3v) is 3.47. The Labute approximate surface area is 134 Å². The van der Waals surface area contributed by atoms with Crippen molar-refractivity contribution >= 4 is 12.0 Å². The molecule has 1 rings (SSSR count). The number of carbonyl (C=O) groups is 2. The van der Waals surface area contributed by atoms with Gasteiger partial charge in [-0.2, -0.15) is 13.2 Å². The van der Waals surface area contributed by atoms with Gasteiger partial charge < -0.3 is 14.5 Å². The van der Waals surface area contributed by atoms with Crippen molar-refractivity contribution in [2.45, 2.75) is 64.8 Å². The van der Waals surface area contributed by atoms with Crippen LogP contribution in [0.25, 0.3) is 0 Å². The highest BCUT2D eigenvalue weighted by Gasteiger charge is 2.46. The van der Waals surface area contributed by atoms with Gasteiger partial charge in [-0.1, -0.05) is 6.92 Å². The second-order valence-corrected chi connectivity index (χ2v) is 6.65. The van der Waals surface area contributed by atoms with Gasteiger partial charge in [0.15, 0.2) is 0 Å². The van der Waals surface area contributed by atoms with Crippen molar-refractivity contribution < 1.29 is 27.5 Å². The van der Waals surface area contributed by atoms with Crippen molar-refractivity contribution in [2.75, 3.05) is 19.6 Å². The topological polar surface area (TPSA) is 49.9 Å². The predicted octanol–water partition coefficient (Wildman–Crippen LogP) is 3.19. The summed E-state index contributed by atoms with van der Waals surface area (Å²) in [6.45, 7) is 6.63. The summed E-state index contributed by atoms with van der Waals surface area (Å²) in [5, 5.41) is 0. The van der Waals surface area contributed by atoms with E-state index in [0.29, 0.717) is 6.42 Å². The monoisotopic (exact) mass is 338 g/mol. The van der Waals surface area contributed by atoms with Gasteiger partial charge in [0.25, 0.3) is 0 Å². The van der Waals surface area contributed by atoms with Gasteiger partial charge in [0.05, 0.1) is 0 Å². The van der Waals surface area contributed by atoms with Gasteiger partial charge in [-0.25, -0.2) is 4.79 Å². The number of nitrogens with zero attached hydrogens (tertiary/aromatic N) is 2. The number of alkyl halides is 3. The summed E-state index contributed by atoms with van der Waals surface area (Å²) in [7, 11) is 0.